The second-order valence-corrected chi connectivity index (χ2v) is 5.08. The Kier molecular flexibility index (Phi) is 2.94. The molecule has 6 heteroatoms. The first-order valence-electron chi connectivity index (χ1n) is 7.05. The highest BCUT2D eigenvalue weighted by atomic mass is 16.3. The molecule has 2 aromatic carbocycles. The quantitative estimate of drug-likeness (QED) is 0.596. The van der Waals surface area contributed by atoms with Crippen molar-refractivity contribution in [3.63, 3.8) is 0 Å². The zero-order valence-corrected chi connectivity index (χ0v) is 12.0. The highest BCUT2D eigenvalue weighted by Crippen LogP contribution is 2.21. The van der Waals surface area contributed by atoms with Crippen molar-refractivity contribution >= 4 is 11.3 Å². The number of rotatable bonds is 2. The molecule has 0 bridgehead atoms. The van der Waals surface area contributed by atoms with Crippen molar-refractivity contribution < 1.29 is 5.11 Å². The van der Waals surface area contributed by atoms with Gasteiger partial charge in [0.15, 0.2) is 11.3 Å². The first kappa shape index (κ1) is 13.3. The van der Waals surface area contributed by atoms with Crippen LogP contribution in [-0.4, -0.2) is 24.6 Å². The van der Waals surface area contributed by atoms with Gasteiger partial charge in [0.2, 0.25) is 0 Å². The van der Waals surface area contributed by atoms with Crippen LogP contribution in [0.4, 0.5) is 0 Å². The normalized spacial score (nSPS) is 11.0. The number of imidazole rings is 1. The summed E-state index contributed by atoms with van der Waals surface area (Å²) >= 11 is 0. The minimum Gasteiger partial charge on any atom is -0.508 e. The summed E-state index contributed by atoms with van der Waals surface area (Å²) in [4.78, 5) is 23.8. The number of nitrogens with zero attached hydrogens (tertiary/aromatic N) is 3. The van der Waals surface area contributed by atoms with Gasteiger partial charge in [-0.1, -0.05) is 18.2 Å². The lowest BCUT2D eigenvalue weighted by Crippen LogP contribution is -2.14. The average Bonchev–Trinajstić information content (AvgIpc) is 2.91. The van der Waals surface area contributed by atoms with Crippen molar-refractivity contribution in [3.8, 4) is 22.7 Å². The molecule has 0 aliphatic rings. The van der Waals surface area contributed by atoms with E-state index in [0.29, 0.717) is 17.0 Å². The van der Waals surface area contributed by atoms with E-state index in [1.165, 1.54) is 4.57 Å². The lowest BCUT2D eigenvalue weighted by molar-refractivity contribution is 0.475. The number of para-hydroxylation sites is 1. The van der Waals surface area contributed by atoms with Crippen LogP contribution in [0.2, 0.25) is 0 Å². The maximum atomic E-state index is 12.2. The zero-order valence-electron chi connectivity index (χ0n) is 12.0. The fourth-order valence-corrected chi connectivity index (χ4v) is 2.46. The standard InChI is InChI=1S/C17H12N4O2/c22-13-8-6-11(7-9-13)14-10-18-15-16(19-14)21(17(23)20-15)12-4-2-1-3-5-12/h1-10,22H,(H,18,20,23). The molecule has 0 aliphatic carbocycles. The Morgan fingerprint density at radius 1 is 1.00 bits per heavy atom. The monoisotopic (exact) mass is 304 g/mol. The summed E-state index contributed by atoms with van der Waals surface area (Å²) in [6.07, 6.45) is 1.60. The van der Waals surface area contributed by atoms with E-state index >= 15 is 0 Å². The molecule has 0 fully saturated rings. The van der Waals surface area contributed by atoms with Crippen LogP contribution in [0.3, 0.4) is 0 Å². The molecule has 2 N–H and O–H groups in total. The summed E-state index contributed by atoms with van der Waals surface area (Å²) in [5.41, 5.74) is 2.77. The highest BCUT2D eigenvalue weighted by molar-refractivity contribution is 5.72. The van der Waals surface area contributed by atoms with Gasteiger partial charge in [0.25, 0.3) is 0 Å². The van der Waals surface area contributed by atoms with Crippen molar-refractivity contribution in [1.82, 2.24) is 19.5 Å². The van der Waals surface area contributed by atoms with Crippen molar-refractivity contribution in [2.75, 3.05) is 0 Å². The summed E-state index contributed by atoms with van der Waals surface area (Å²) in [5.74, 6) is 0.186. The second-order valence-electron chi connectivity index (χ2n) is 5.08. The zero-order chi connectivity index (χ0) is 15.8. The minimum atomic E-state index is -0.283. The van der Waals surface area contributed by atoms with E-state index in [4.69, 9.17) is 0 Å². The van der Waals surface area contributed by atoms with E-state index in [0.717, 1.165) is 11.3 Å². The molecular weight excluding hydrogens is 292 g/mol. The number of benzene rings is 2. The first-order valence-corrected chi connectivity index (χ1v) is 7.05. The molecule has 0 saturated carbocycles. The van der Waals surface area contributed by atoms with E-state index in [1.807, 2.05) is 30.3 Å². The van der Waals surface area contributed by atoms with Crippen LogP contribution in [0.25, 0.3) is 28.2 Å². The molecule has 0 amide bonds. The largest absolute Gasteiger partial charge is 0.508 e. The number of aromatic hydroxyl groups is 1. The van der Waals surface area contributed by atoms with E-state index in [2.05, 4.69) is 15.0 Å². The molecule has 112 valence electrons. The number of H-pyrrole nitrogens is 1. The summed E-state index contributed by atoms with van der Waals surface area (Å²) in [6, 6.07) is 16.0. The van der Waals surface area contributed by atoms with Crippen LogP contribution in [0, 0.1) is 0 Å². The van der Waals surface area contributed by atoms with Crippen molar-refractivity contribution in [2.45, 2.75) is 0 Å². The number of aromatic nitrogens is 4. The molecule has 4 rings (SSSR count). The Morgan fingerprint density at radius 2 is 1.74 bits per heavy atom. The van der Waals surface area contributed by atoms with Crippen molar-refractivity contribution in [2.24, 2.45) is 0 Å². The average molecular weight is 304 g/mol. The van der Waals surface area contributed by atoms with Gasteiger partial charge in [0, 0.05) is 5.56 Å². The number of aromatic amines is 1. The molecule has 0 radical (unpaired) electrons. The number of phenolic OH excluding ortho intramolecular Hbond substituents is 1. The Bertz CT molecular complexity index is 1030. The topological polar surface area (TPSA) is 83.8 Å². The van der Waals surface area contributed by atoms with Crippen LogP contribution in [0.5, 0.6) is 5.75 Å². The minimum absolute atomic E-state index is 0.186. The van der Waals surface area contributed by atoms with Crippen molar-refractivity contribution in [3.05, 3.63) is 71.3 Å². The third kappa shape index (κ3) is 2.26. The van der Waals surface area contributed by atoms with E-state index in [9.17, 15) is 9.90 Å². The second kappa shape index (κ2) is 5.10. The molecule has 6 nitrogen and oxygen atoms in total. The number of fused-ring (bicyclic) bond motifs is 1. The molecular formula is C17H12N4O2. The van der Waals surface area contributed by atoms with Crippen LogP contribution < -0.4 is 5.69 Å². The lowest BCUT2D eigenvalue weighted by atomic mass is 10.1. The van der Waals surface area contributed by atoms with Gasteiger partial charge in [-0.05, 0) is 36.4 Å². The molecule has 0 aliphatic heterocycles. The first-order chi connectivity index (χ1) is 11.2. The van der Waals surface area contributed by atoms with Gasteiger partial charge in [-0.2, -0.15) is 0 Å². The fourth-order valence-electron chi connectivity index (χ4n) is 2.46. The maximum absolute atomic E-state index is 12.2. The van der Waals surface area contributed by atoms with Gasteiger partial charge in [0.1, 0.15) is 5.75 Å². The molecule has 2 heterocycles. The van der Waals surface area contributed by atoms with Crippen LogP contribution in [0.15, 0.2) is 65.6 Å². The molecule has 0 atom stereocenters. The van der Waals surface area contributed by atoms with Crippen LogP contribution in [0.1, 0.15) is 0 Å². The number of nitrogens with one attached hydrogen (secondary N) is 1. The summed E-state index contributed by atoms with van der Waals surface area (Å²) < 4.78 is 1.49. The van der Waals surface area contributed by atoms with Crippen LogP contribution >= 0.6 is 0 Å². The summed E-state index contributed by atoms with van der Waals surface area (Å²) in [7, 11) is 0. The smallest absolute Gasteiger partial charge is 0.333 e. The maximum Gasteiger partial charge on any atom is 0.333 e. The van der Waals surface area contributed by atoms with Crippen molar-refractivity contribution in [1.29, 1.82) is 0 Å². The van der Waals surface area contributed by atoms with E-state index in [1.54, 1.807) is 30.5 Å². The predicted octanol–water partition coefficient (Wildman–Crippen LogP) is 2.48. The van der Waals surface area contributed by atoms with E-state index < -0.39 is 0 Å². The molecule has 23 heavy (non-hydrogen) atoms. The summed E-state index contributed by atoms with van der Waals surface area (Å²) in [5, 5.41) is 9.38. The Labute approximate surface area is 130 Å². The molecule has 0 unspecified atom stereocenters. The predicted molar refractivity (Wildman–Crippen MR) is 86.6 cm³/mol. The number of hydrogen-bond donors (Lipinski definition) is 2. The third-order valence-corrected chi connectivity index (χ3v) is 3.57. The third-order valence-electron chi connectivity index (χ3n) is 3.57. The Balaban J connectivity index is 1.95. The van der Waals surface area contributed by atoms with E-state index in [-0.39, 0.29) is 11.4 Å². The molecule has 4 aromatic rings. The van der Waals surface area contributed by atoms with Gasteiger partial charge < -0.3 is 5.11 Å². The van der Waals surface area contributed by atoms with Gasteiger partial charge in [-0.25, -0.2) is 19.3 Å². The SMILES string of the molecule is O=c1[nH]c2ncc(-c3ccc(O)cc3)nc2n1-c1ccccc1. The Hall–Kier alpha value is -3.41. The fraction of sp³-hybridized carbons (Fsp3) is 0. The number of phenols is 1. The number of hydrogen-bond acceptors (Lipinski definition) is 4. The van der Waals surface area contributed by atoms with Gasteiger partial charge in [-0.3, -0.25) is 4.98 Å². The lowest BCUT2D eigenvalue weighted by Gasteiger charge is -2.04. The van der Waals surface area contributed by atoms with Gasteiger partial charge in [-0.15, -0.1) is 0 Å². The van der Waals surface area contributed by atoms with Crippen LogP contribution in [-0.2, 0) is 0 Å². The van der Waals surface area contributed by atoms with Gasteiger partial charge in [0.05, 0.1) is 17.6 Å². The highest BCUT2D eigenvalue weighted by Gasteiger charge is 2.12. The summed E-state index contributed by atoms with van der Waals surface area (Å²) in [6.45, 7) is 0. The van der Waals surface area contributed by atoms with Gasteiger partial charge >= 0.3 is 5.69 Å². The molecule has 2 aromatic heterocycles. The Morgan fingerprint density at radius 3 is 2.48 bits per heavy atom. The molecule has 0 saturated heterocycles. The molecule has 0 spiro atoms.